The van der Waals surface area contributed by atoms with Crippen molar-refractivity contribution < 1.29 is 0 Å². The largest absolute Gasteiger partial charge is 0.283 e. The lowest BCUT2D eigenvalue weighted by Gasteiger charge is -1.86. The maximum atomic E-state index is 3.87. The number of nitrogens with one attached hydrogen (secondary N) is 1. The number of rotatable bonds is 1. The molecule has 1 rings (SSSR count). The Morgan fingerprint density at radius 2 is 2.10 bits per heavy atom. The molecule has 1 heterocycles. The van der Waals surface area contributed by atoms with Gasteiger partial charge in [-0.2, -0.15) is 5.10 Å². The second kappa shape index (κ2) is 5.03. The fraction of sp³-hybridized carbons (Fsp3) is 0.625. The summed E-state index contributed by atoms with van der Waals surface area (Å²) >= 11 is 0. The van der Waals surface area contributed by atoms with Crippen molar-refractivity contribution >= 4 is 0 Å². The molecule has 0 atom stereocenters. The number of hydrogen-bond donors (Lipinski definition) is 1. The number of nitrogens with zero attached hydrogens (tertiary/aromatic N) is 1. The lowest BCUT2D eigenvalue weighted by Crippen LogP contribution is -1.78. The third-order valence-electron chi connectivity index (χ3n) is 1.32. The summed E-state index contributed by atoms with van der Waals surface area (Å²) in [6.07, 6.45) is 2.94. The molecule has 0 fully saturated rings. The number of aromatic nitrogens is 2. The molecule has 2 heteroatoms. The van der Waals surface area contributed by atoms with Crippen LogP contribution in [0.15, 0.2) is 6.20 Å². The van der Waals surface area contributed by atoms with Gasteiger partial charge in [-0.1, -0.05) is 20.8 Å². The Morgan fingerprint density at radius 3 is 2.30 bits per heavy atom. The summed E-state index contributed by atoms with van der Waals surface area (Å²) in [4.78, 5) is 0. The summed E-state index contributed by atoms with van der Waals surface area (Å²) in [7, 11) is 0. The van der Waals surface area contributed by atoms with E-state index in [1.807, 2.05) is 27.0 Å². The Labute approximate surface area is 62.7 Å². The van der Waals surface area contributed by atoms with Gasteiger partial charge in [0.25, 0.3) is 0 Å². The first-order valence-corrected chi connectivity index (χ1v) is 3.83. The second-order valence-corrected chi connectivity index (χ2v) is 1.87. The Balaban J connectivity index is 0.000000371. The van der Waals surface area contributed by atoms with Crippen LogP contribution >= 0.6 is 0 Å². The first-order valence-electron chi connectivity index (χ1n) is 3.83. The normalized spacial score (nSPS) is 8.40. The van der Waals surface area contributed by atoms with Gasteiger partial charge in [0, 0.05) is 5.69 Å². The fourth-order valence-corrected chi connectivity index (χ4v) is 0.732. The Bertz CT molecular complexity index is 168. The molecular formula is C8H16N2. The van der Waals surface area contributed by atoms with Crippen LogP contribution in [0.5, 0.6) is 0 Å². The molecule has 0 radical (unpaired) electrons. The van der Waals surface area contributed by atoms with Gasteiger partial charge in [0.2, 0.25) is 0 Å². The van der Waals surface area contributed by atoms with Gasteiger partial charge in [-0.05, 0) is 18.9 Å². The first-order chi connectivity index (χ1) is 4.84. The minimum absolute atomic E-state index is 1.07. The van der Waals surface area contributed by atoms with E-state index in [1.54, 1.807) is 0 Å². The van der Waals surface area contributed by atoms with Gasteiger partial charge in [-0.15, -0.1) is 0 Å². The monoisotopic (exact) mass is 140 g/mol. The third-order valence-corrected chi connectivity index (χ3v) is 1.32. The van der Waals surface area contributed by atoms with Gasteiger partial charge in [0.05, 0.1) is 6.20 Å². The van der Waals surface area contributed by atoms with Crippen molar-refractivity contribution in [3.05, 3.63) is 17.5 Å². The van der Waals surface area contributed by atoms with Crippen molar-refractivity contribution in [2.45, 2.75) is 34.1 Å². The molecule has 0 amide bonds. The highest BCUT2D eigenvalue weighted by Gasteiger charge is 1.92. The minimum atomic E-state index is 1.07. The van der Waals surface area contributed by atoms with Crippen molar-refractivity contribution in [1.29, 1.82) is 0 Å². The standard InChI is InChI=1S/C6H10N2.C2H6/c1-3-6-4-7-8-5(6)2;1-2/h4H,3H2,1-2H3,(H,7,8);1-2H3. The first kappa shape index (κ1) is 9.21. The highest BCUT2D eigenvalue weighted by atomic mass is 15.1. The molecule has 0 aliphatic carbocycles. The van der Waals surface area contributed by atoms with E-state index >= 15 is 0 Å². The molecule has 0 saturated heterocycles. The van der Waals surface area contributed by atoms with E-state index in [0.717, 1.165) is 6.42 Å². The predicted molar refractivity (Wildman–Crippen MR) is 44.1 cm³/mol. The van der Waals surface area contributed by atoms with Crippen LogP contribution < -0.4 is 0 Å². The second-order valence-electron chi connectivity index (χ2n) is 1.87. The fourth-order valence-electron chi connectivity index (χ4n) is 0.732. The molecule has 1 aromatic heterocycles. The molecule has 0 bridgehead atoms. The van der Waals surface area contributed by atoms with Crippen LogP contribution in [-0.4, -0.2) is 10.2 Å². The average molecular weight is 140 g/mol. The van der Waals surface area contributed by atoms with Crippen LogP contribution in [-0.2, 0) is 6.42 Å². The highest BCUT2D eigenvalue weighted by Crippen LogP contribution is 2.01. The SMILES string of the molecule is CC.CCc1cn[nH]c1C. The van der Waals surface area contributed by atoms with Crippen molar-refractivity contribution in [3.63, 3.8) is 0 Å². The van der Waals surface area contributed by atoms with Crippen LogP contribution in [0.1, 0.15) is 32.0 Å². The molecule has 0 saturated carbocycles. The van der Waals surface area contributed by atoms with Gasteiger partial charge in [0.15, 0.2) is 0 Å². The van der Waals surface area contributed by atoms with Gasteiger partial charge >= 0.3 is 0 Å². The van der Waals surface area contributed by atoms with E-state index < -0.39 is 0 Å². The van der Waals surface area contributed by atoms with Gasteiger partial charge in [-0.25, -0.2) is 0 Å². The van der Waals surface area contributed by atoms with Crippen molar-refractivity contribution in [3.8, 4) is 0 Å². The molecule has 58 valence electrons. The number of aryl methyl sites for hydroxylation is 2. The van der Waals surface area contributed by atoms with E-state index in [-0.39, 0.29) is 0 Å². The van der Waals surface area contributed by atoms with E-state index in [9.17, 15) is 0 Å². The zero-order valence-corrected chi connectivity index (χ0v) is 7.23. The molecule has 0 aromatic carbocycles. The Kier molecular flexibility index (Phi) is 4.63. The Morgan fingerprint density at radius 1 is 1.50 bits per heavy atom. The lowest BCUT2D eigenvalue weighted by molar-refractivity contribution is 1.04. The van der Waals surface area contributed by atoms with E-state index in [1.165, 1.54) is 11.3 Å². The topological polar surface area (TPSA) is 28.7 Å². The average Bonchev–Trinajstić information content (AvgIpc) is 2.39. The maximum Gasteiger partial charge on any atom is 0.0521 e. The maximum absolute atomic E-state index is 3.87. The van der Waals surface area contributed by atoms with Crippen LogP contribution in [0, 0.1) is 6.92 Å². The van der Waals surface area contributed by atoms with Crippen LogP contribution in [0.4, 0.5) is 0 Å². The third kappa shape index (κ3) is 2.21. The zero-order chi connectivity index (χ0) is 7.98. The summed E-state index contributed by atoms with van der Waals surface area (Å²) < 4.78 is 0. The number of hydrogen-bond acceptors (Lipinski definition) is 1. The quantitative estimate of drug-likeness (QED) is 0.637. The summed E-state index contributed by atoms with van der Waals surface area (Å²) in [5.41, 5.74) is 2.50. The van der Waals surface area contributed by atoms with Crippen LogP contribution in [0.2, 0.25) is 0 Å². The molecule has 10 heavy (non-hydrogen) atoms. The number of aromatic amines is 1. The van der Waals surface area contributed by atoms with Crippen molar-refractivity contribution in [2.75, 3.05) is 0 Å². The smallest absolute Gasteiger partial charge is 0.0521 e. The van der Waals surface area contributed by atoms with E-state index in [4.69, 9.17) is 0 Å². The molecule has 0 aliphatic rings. The lowest BCUT2D eigenvalue weighted by atomic mass is 10.2. The van der Waals surface area contributed by atoms with Crippen molar-refractivity contribution in [2.24, 2.45) is 0 Å². The molecule has 0 aliphatic heterocycles. The van der Waals surface area contributed by atoms with E-state index in [2.05, 4.69) is 17.1 Å². The molecular weight excluding hydrogens is 124 g/mol. The molecule has 2 nitrogen and oxygen atoms in total. The van der Waals surface area contributed by atoms with Crippen LogP contribution in [0.3, 0.4) is 0 Å². The van der Waals surface area contributed by atoms with Gasteiger partial charge in [-0.3, -0.25) is 5.10 Å². The van der Waals surface area contributed by atoms with Gasteiger partial charge in [0.1, 0.15) is 0 Å². The predicted octanol–water partition coefficient (Wildman–Crippen LogP) is 2.31. The minimum Gasteiger partial charge on any atom is -0.283 e. The van der Waals surface area contributed by atoms with E-state index in [0.29, 0.717) is 0 Å². The van der Waals surface area contributed by atoms with Crippen LogP contribution in [0.25, 0.3) is 0 Å². The highest BCUT2D eigenvalue weighted by molar-refractivity contribution is 5.13. The molecule has 0 unspecified atom stereocenters. The summed E-state index contributed by atoms with van der Waals surface area (Å²) in [5.74, 6) is 0. The van der Waals surface area contributed by atoms with Gasteiger partial charge < -0.3 is 0 Å². The molecule has 0 spiro atoms. The summed E-state index contributed by atoms with van der Waals surface area (Å²) in [6, 6.07) is 0. The summed E-state index contributed by atoms with van der Waals surface area (Å²) in [5, 5.41) is 6.74. The number of H-pyrrole nitrogens is 1. The molecule has 1 N–H and O–H groups in total. The van der Waals surface area contributed by atoms with Crippen molar-refractivity contribution in [1.82, 2.24) is 10.2 Å². The summed E-state index contributed by atoms with van der Waals surface area (Å²) in [6.45, 7) is 8.16. The Hall–Kier alpha value is -0.790. The zero-order valence-electron chi connectivity index (χ0n) is 7.23. The molecule has 1 aromatic rings.